The van der Waals surface area contributed by atoms with Crippen LogP contribution in [-0.2, 0) is 14.3 Å². The molecule has 2 rings (SSSR count). The van der Waals surface area contributed by atoms with Crippen LogP contribution in [0, 0.1) is 13.8 Å². The van der Waals surface area contributed by atoms with Gasteiger partial charge in [-0.1, -0.05) is 18.2 Å². The van der Waals surface area contributed by atoms with Crippen molar-refractivity contribution >= 4 is 29.7 Å². The maximum Gasteiger partial charge on any atom is 0.321 e. The first-order valence-corrected chi connectivity index (χ1v) is 9.28. The maximum absolute atomic E-state index is 12.0. The van der Waals surface area contributed by atoms with E-state index in [1.165, 1.54) is 25.7 Å². The summed E-state index contributed by atoms with van der Waals surface area (Å²) in [6.45, 7) is 5.21. The average Bonchev–Trinajstić information content (AvgIpc) is 2.94. The van der Waals surface area contributed by atoms with Crippen LogP contribution in [0.15, 0.2) is 35.2 Å². The van der Waals surface area contributed by atoms with Gasteiger partial charge in [-0.15, -0.1) is 11.8 Å². The Balaban J connectivity index is 1.96. The lowest BCUT2D eigenvalue weighted by Gasteiger charge is -2.12. The zero-order chi connectivity index (χ0) is 20.0. The maximum atomic E-state index is 12.0. The van der Waals surface area contributed by atoms with Crippen molar-refractivity contribution in [3.8, 4) is 5.69 Å². The van der Waals surface area contributed by atoms with Gasteiger partial charge < -0.3 is 10.1 Å². The molecule has 0 radical (unpaired) electrons. The Kier molecular flexibility index (Phi) is 7.00. The zero-order valence-corrected chi connectivity index (χ0v) is 16.4. The highest BCUT2D eigenvalue weighted by molar-refractivity contribution is 8.00. The summed E-state index contributed by atoms with van der Waals surface area (Å²) in [7, 11) is 1.39. The number of urea groups is 1. The monoisotopic (exact) mass is 390 g/mol. The zero-order valence-electron chi connectivity index (χ0n) is 15.6. The number of thioether (sulfide) groups is 1. The van der Waals surface area contributed by atoms with Crippen molar-refractivity contribution in [2.24, 2.45) is 0 Å². The van der Waals surface area contributed by atoms with E-state index in [1.54, 1.807) is 0 Å². The molecule has 0 saturated heterocycles. The second kappa shape index (κ2) is 9.22. The lowest BCUT2D eigenvalue weighted by atomic mass is 10.3. The number of hydrogen-bond donors (Lipinski definition) is 2. The fourth-order valence-electron chi connectivity index (χ4n) is 2.35. The van der Waals surface area contributed by atoms with E-state index in [1.807, 2.05) is 48.9 Å². The molecule has 1 aromatic carbocycles. The number of rotatable bonds is 6. The van der Waals surface area contributed by atoms with Gasteiger partial charge in [0.05, 0.1) is 27.7 Å². The number of para-hydroxylation sites is 1. The van der Waals surface area contributed by atoms with E-state index in [4.69, 9.17) is 4.74 Å². The molecule has 8 nitrogen and oxygen atoms in total. The molecule has 3 amide bonds. The number of nitrogens with zero attached hydrogens (tertiary/aromatic N) is 2. The SMILES string of the molecule is CNC(=O)NC(=O)[C@H](C)OC(=O)CSc1c(C)nn(-c2ccccc2)c1C. The van der Waals surface area contributed by atoms with Gasteiger partial charge in [-0.05, 0) is 32.9 Å². The molecule has 1 aromatic heterocycles. The molecule has 0 fully saturated rings. The van der Waals surface area contributed by atoms with Crippen LogP contribution in [0.1, 0.15) is 18.3 Å². The second-order valence-corrected chi connectivity index (χ2v) is 6.72. The smallest absolute Gasteiger partial charge is 0.321 e. The quantitative estimate of drug-likeness (QED) is 0.577. The summed E-state index contributed by atoms with van der Waals surface area (Å²) in [5.74, 6) is -1.21. The number of aromatic nitrogens is 2. The van der Waals surface area contributed by atoms with E-state index in [9.17, 15) is 14.4 Å². The van der Waals surface area contributed by atoms with Crippen LogP contribution in [-0.4, -0.2) is 46.6 Å². The standard InChI is InChI=1S/C18H22N4O4S/c1-11-16(12(2)22(21-11)14-8-6-5-7-9-14)27-10-15(23)26-13(3)17(24)20-18(25)19-4/h5-9,13H,10H2,1-4H3,(H2,19,20,24,25)/t13-/m0/s1. The number of benzene rings is 1. The fourth-order valence-corrected chi connectivity index (χ4v) is 3.22. The third kappa shape index (κ3) is 5.33. The van der Waals surface area contributed by atoms with Gasteiger partial charge >= 0.3 is 12.0 Å². The molecule has 1 atom stereocenters. The molecule has 27 heavy (non-hydrogen) atoms. The molecule has 9 heteroatoms. The average molecular weight is 390 g/mol. The number of carbonyl (C=O) groups excluding carboxylic acids is 3. The van der Waals surface area contributed by atoms with Gasteiger partial charge in [0.2, 0.25) is 0 Å². The molecule has 1 heterocycles. The molecule has 0 aliphatic carbocycles. The number of esters is 1. The summed E-state index contributed by atoms with van der Waals surface area (Å²) in [6.07, 6.45) is -1.07. The summed E-state index contributed by atoms with van der Waals surface area (Å²) in [5.41, 5.74) is 2.66. The van der Waals surface area contributed by atoms with E-state index < -0.39 is 24.0 Å². The Morgan fingerprint density at radius 3 is 2.52 bits per heavy atom. The second-order valence-electron chi connectivity index (χ2n) is 5.74. The lowest BCUT2D eigenvalue weighted by Crippen LogP contribution is -2.43. The molecule has 2 aromatic rings. The van der Waals surface area contributed by atoms with Crippen LogP contribution >= 0.6 is 11.8 Å². The van der Waals surface area contributed by atoms with E-state index in [2.05, 4.69) is 15.7 Å². The lowest BCUT2D eigenvalue weighted by molar-refractivity contribution is -0.151. The fraction of sp³-hybridized carbons (Fsp3) is 0.333. The summed E-state index contributed by atoms with van der Waals surface area (Å²) in [5, 5.41) is 8.84. The number of aryl methyl sites for hydroxylation is 1. The largest absolute Gasteiger partial charge is 0.452 e. The number of carbonyl (C=O) groups is 3. The number of ether oxygens (including phenoxy) is 1. The predicted molar refractivity (Wildman–Crippen MR) is 102 cm³/mol. The van der Waals surface area contributed by atoms with E-state index in [0.717, 1.165) is 22.0 Å². The minimum Gasteiger partial charge on any atom is -0.452 e. The van der Waals surface area contributed by atoms with Crippen LogP contribution in [0.25, 0.3) is 5.69 Å². The van der Waals surface area contributed by atoms with Gasteiger partial charge in [-0.3, -0.25) is 14.9 Å². The molecule has 0 aliphatic rings. The predicted octanol–water partition coefficient (Wildman–Crippen LogP) is 1.97. The molecular weight excluding hydrogens is 368 g/mol. The normalized spacial score (nSPS) is 11.6. The molecule has 0 saturated carbocycles. The van der Waals surface area contributed by atoms with Crippen molar-refractivity contribution in [2.75, 3.05) is 12.8 Å². The Labute approximate surface area is 161 Å². The highest BCUT2D eigenvalue weighted by Gasteiger charge is 2.21. The molecule has 0 spiro atoms. The molecule has 0 bridgehead atoms. The number of nitrogens with one attached hydrogen (secondary N) is 2. The molecule has 0 unspecified atom stereocenters. The first-order chi connectivity index (χ1) is 12.8. The van der Waals surface area contributed by atoms with Crippen molar-refractivity contribution in [2.45, 2.75) is 31.8 Å². The Bertz CT molecular complexity index is 835. The Morgan fingerprint density at radius 2 is 1.89 bits per heavy atom. The van der Waals surface area contributed by atoms with Gasteiger partial charge in [0.25, 0.3) is 5.91 Å². The highest BCUT2D eigenvalue weighted by atomic mass is 32.2. The van der Waals surface area contributed by atoms with Crippen molar-refractivity contribution in [3.63, 3.8) is 0 Å². The van der Waals surface area contributed by atoms with Gasteiger partial charge in [-0.2, -0.15) is 5.10 Å². The minimum atomic E-state index is -1.07. The van der Waals surface area contributed by atoms with Crippen molar-refractivity contribution in [1.29, 1.82) is 0 Å². The summed E-state index contributed by atoms with van der Waals surface area (Å²) in [6, 6.07) is 9.05. The molecular formula is C18H22N4O4S. The summed E-state index contributed by atoms with van der Waals surface area (Å²) >= 11 is 1.30. The van der Waals surface area contributed by atoms with Crippen LogP contribution < -0.4 is 10.6 Å². The molecule has 144 valence electrons. The van der Waals surface area contributed by atoms with Crippen LogP contribution in [0.2, 0.25) is 0 Å². The third-order valence-corrected chi connectivity index (χ3v) is 4.96. The van der Waals surface area contributed by atoms with Crippen molar-refractivity contribution < 1.29 is 19.1 Å². The van der Waals surface area contributed by atoms with Gasteiger partial charge in [0.15, 0.2) is 6.10 Å². The van der Waals surface area contributed by atoms with Crippen LogP contribution in [0.5, 0.6) is 0 Å². The topological polar surface area (TPSA) is 102 Å². The number of amides is 3. The first kappa shape index (κ1) is 20.5. The minimum absolute atomic E-state index is 0.0275. The summed E-state index contributed by atoms with van der Waals surface area (Å²) < 4.78 is 6.89. The van der Waals surface area contributed by atoms with E-state index in [-0.39, 0.29) is 5.75 Å². The van der Waals surface area contributed by atoms with Crippen LogP contribution in [0.3, 0.4) is 0 Å². The highest BCUT2D eigenvalue weighted by Crippen LogP contribution is 2.28. The number of hydrogen-bond acceptors (Lipinski definition) is 6. The first-order valence-electron chi connectivity index (χ1n) is 8.30. The molecule has 2 N–H and O–H groups in total. The van der Waals surface area contributed by atoms with Crippen molar-refractivity contribution in [1.82, 2.24) is 20.4 Å². The van der Waals surface area contributed by atoms with Gasteiger partial charge in [-0.25, -0.2) is 9.48 Å². The van der Waals surface area contributed by atoms with Gasteiger partial charge in [0, 0.05) is 7.05 Å². The van der Waals surface area contributed by atoms with Crippen LogP contribution in [0.4, 0.5) is 4.79 Å². The third-order valence-electron chi connectivity index (χ3n) is 3.70. The van der Waals surface area contributed by atoms with E-state index in [0.29, 0.717) is 0 Å². The molecule has 0 aliphatic heterocycles. The van der Waals surface area contributed by atoms with Gasteiger partial charge in [0.1, 0.15) is 0 Å². The number of imide groups is 1. The van der Waals surface area contributed by atoms with E-state index >= 15 is 0 Å². The summed E-state index contributed by atoms with van der Waals surface area (Å²) in [4.78, 5) is 35.8. The Morgan fingerprint density at radius 1 is 1.22 bits per heavy atom. The van der Waals surface area contributed by atoms with Crippen molar-refractivity contribution in [3.05, 3.63) is 41.7 Å². The Hall–Kier alpha value is -2.81.